The van der Waals surface area contributed by atoms with Crippen molar-refractivity contribution in [1.29, 1.82) is 0 Å². The molecule has 2 aromatic rings. The van der Waals surface area contributed by atoms with Crippen molar-refractivity contribution in [2.24, 2.45) is 0 Å². The molecule has 21 heavy (non-hydrogen) atoms. The quantitative estimate of drug-likeness (QED) is 0.852. The summed E-state index contributed by atoms with van der Waals surface area (Å²) in [5.41, 5.74) is 7.90. The van der Waals surface area contributed by atoms with Gasteiger partial charge < -0.3 is 10.3 Å². The summed E-state index contributed by atoms with van der Waals surface area (Å²) in [7, 11) is 0. The summed E-state index contributed by atoms with van der Waals surface area (Å²) in [5.74, 6) is 2.29. The molecule has 1 fully saturated rings. The third-order valence-electron chi connectivity index (χ3n) is 4.26. The third kappa shape index (κ3) is 2.65. The number of hydrogen-bond donors (Lipinski definition) is 1. The number of nitrogen functional groups attached to an aromatic ring is 1. The average Bonchev–Trinajstić information content (AvgIpc) is 3.09. The number of hydrogen-bond acceptors (Lipinski definition) is 2. The number of aromatic nitrogens is 2. The van der Waals surface area contributed by atoms with Crippen molar-refractivity contribution >= 4 is 29.0 Å². The molecule has 112 valence electrons. The number of nitrogens with zero attached hydrogens (tertiary/aromatic N) is 2. The molecule has 1 saturated carbocycles. The summed E-state index contributed by atoms with van der Waals surface area (Å²) in [5, 5.41) is 1.27. The van der Waals surface area contributed by atoms with Gasteiger partial charge in [0.1, 0.15) is 17.3 Å². The summed E-state index contributed by atoms with van der Waals surface area (Å²) in [4.78, 5) is 4.83. The van der Waals surface area contributed by atoms with Crippen molar-refractivity contribution in [3.63, 3.8) is 0 Å². The maximum atomic E-state index is 6.33. The molecule has 0 aliphatic heterocycles. The molecule has 0 spiro atoms. The molecule has 1 aromatic heterocycles. The highest BCUT2D eigenvalue weighted by Gasteiger charge is 2.25. The first-order valence-corrected chi connectivity index (χ1v) is 8.18. The summed E-state index contributed by atoms with van der Waals surface area (Å²) in [6, 6.07) is 5.40. The molecular weight excluding hydrogens is 305 g/mol. The normalized spacial score (nSPS) is 15.8. The molecule has 0 unspecified atom stereocenters. The van der Waals surface area contributed by atoms with Crippen LogP contribution in [0.5, 0.6) is 0 Å². The molecular formula is C16H19Cl2N3. The lowest BCUT2D eigenvalue weighted by Gasteiger charge is -2.11. The van der Waals surface area contributed by atoms with E-state index >= 15 is 0 Å². The molecule has 0 radical (unpaired) electrons. The monoisotopic (exact) mass is 323 g/mol. The van der Waals surface area contributed by atoms with Crippen LogP contribution in [0.15, 0.2) is 18.2 Å². The highest BCUT2D eigenvalue weighted by molar-refractivity contribution is 6.35. The minimum atomic E-state index is 0.513. The van der Waals surface area contributed by atoms with Crippen LogP contribution in [0.25, 0.3) is 11.3 Å². The standard InChI is InChI=1S/C16H19Cl2N3/c1-2-21-15(19)14(12-9-11(17)7-8-13(12)18)20-16(21)10-5-3-4-6-10/h7-10H,2-6,19H2,1H3. The number of rotatable bonds is 3. The molecule has 1 heterocycles. The van der Waals surface area contributed by atoms with E-state index in [1.807, 2.05) is 6.07 Å². The van der Waals surface area contributed by atoms with Crippen LogP contribution < -0.4 is 5.73 Å². The zero-order valence-electron chi connectivity index (χ0n) is 12.1. The van der Waals surface area contributed by atoms with E-state index in [4.69, 9.17) is 33.9 Å². The van der Waals surface area contributed by atoms with Crippen LogP contribution in [0.4, 0.5) is 5.82 Å². The molecule has 0 atom stereocenters. The minimum Gasteiger partial charge on any atom is -0.383 e. The fourth-order valence-electron chi connectivity index (χ4n) is 3.19. The average molecular weight is 324 g/mol. The van der Waals surface area contributed by atoms with E-state index in [1.54, 1.807) is 12.1 Å². The second-order valence-electron chi connectivity index (χ2n) is 5.55. The highest BCUT2D eigenvalue weighted by Crippen LogP contribution is 2.39. The van der Waals surface area contributed by atoms with Gasteiger partial charge in [-0.2, -0.15) is 0 Å². The van der Waals surface area contributed by atoms with Gasteiger partial charge in [0.2, 0.25) is 0 Å². The molecule has 1 aromatic carbocycles. The Kier molecular flexibility index (Phi) is 4.14. The molecule has 0 amide bonds. The Morgan fingerprint density at radius 1 is 1.29 bits per heavy atom. The van der Waals surface area contributed by atoms with Crippen LogP contribution in [-0.2, 0) is 6.54 Å². The van der Waals surface area contributed by atoms with Crippen LogP contribution >= 0.6 is 23.2 Å². The molecule has 5 heteroatoms. The van der Waals surface area contributed by atoms with Crippen molar-refractivity contribution in [1.82, 2.24) is 9.55 Å². The Labute approximate surface area is 135 Å². The van der Waals surface area contributed by atoms with Gasteiger partial charge in [-0.1, -0.05) is 36.0 Å². The van der Waals surface area contributed by atoms with E-state index in [9.17, 15) is 0 Å². The van der Waals surface area contributed by atoms with Gasteiger partial charge >= 0.3 is 0 Å². The SMILES string of the molecule is CCn1c(C2CCCC2)nc(-c2cc(Cl)ccc2Cl)c1N. The van der Waals surface area contributed by atoms with Crippen molar-refractivity contribution < 1.29 is 0 Å². The third-order valence-corrected chi connectivity index (χ3v) is 4.82. The Morgan fingerprint density at radius 3 is 2.67 bits per heavy atom. The Balaban J connectivity index is 2.12. The van der Waals surface area contributed by atoms with Crippen LogP contribution in [-0.4, -0.2) is 9.55 Å². The number of imidazole rings is 1. The predicted octanol–water partition coefficient (Wildman–Crippen LogP) is 5.12. The Bertz CT molecular complexity index is 658. The molecule has 3 nitrogen and oxygen atoms in total. The zero-order valence-corrected chi connectivity index (χ0v) is 13.6. The topological polar surface area (TPSA) is 43.8 Å². The van der Waals surface area contributed by atoms with Gasteiger partial charge in [-0.3, -0.25) is 0 Å². The zero-order chi connectivity index (χ0) is 15.0. The van der Waals surface area contributed by atoms with Crippen LogP contribution in [0.1, 0.15) is 44.3 Å². The summed E-state index contributed by atoms with van der Waals surface area (Å²) in [6.45, 7) is 2.92. The van der Waals surface area contributed by atoms with Crippen molar-refractivity contribution in [3.05, 3.63) is 34.1 Å². The van der Waals surface area contributed by atoms with Gasteiger partial charge in [-0.15, -0.1) is 0 Å². The first-order valence-electron chi connectivity index (χ1n) is 7.43. The summed E-state index contributed by atoms with van der Waals surface area (Å²) in [6.07, 6.45) is 4.93. The van der Waals surface area contributed by atoms with Gasteiger partial charge in [0.05, 0.1) is 5.02 Å². The predicted molar refractivity (Wildman–Crippen MR) is 89.0 cm³/mol. The number of benzene rings is 1. The first kappa shape index (κ1) is 14.7. The van der Waals surface area contributed by atoms with Crippen molar-refractivity contribution in [2.75, 3.05) is 5.73 Å². The first-order chi connectivity index (χ1) is 10.1. The Hall–Kier alpha value is -1.19. The number of nitrogens with two attached hydrogens (primary N) is 1. The van der Waals surface area contributed by atoms with Gasteiger partial charge in [0.25, 0.3) is 0 Å². The molecule has 3 rings (SSSR count). The fourth-order valence-corrected chi connectivity index (χ4v) is 3.57. The highest BCUT2D eigenvalue weighted by atomic mass is 35.5. The van der Waals surface area contributed by atoms with Crippen molar-refractivity contribution in [2.45, 2.75) is 45.1 Å². The lowest BCUT2D eigenvalue weighted by atomic mass is 10.1. The number of halogens is 2. The second-order valence-corrected chi connectivity index (χ2v) is 6.40. The van der Waals surface area contributed by atoms with Crippen LogP contribution in [0.2, 0.25) is 10.0 Å². The van der Waals surface area contributed by atoms with Gasteiger partial charge in [-0.05, 0) is 38.0 Å². The summed E-state index contributed by atoms with van der Waals surface area (Å²) < 4.78 is 2.11. The van der Waals surface area contributed by atoms with Gasteiger partial charge in [0.15, 0.2) is 0 Å². The molecule has 1 aliphatic carbocycles. The lowest BCUT2D eigenvalue weighted by molar-refractivity contribution is 0.604. The Morgan fingerprint density at radius 2 is 2.00 bits per heavy atom. The van der Waals surface area contributed by atoms with Gasteiger partial charge in [0, 0.05) is 23.0 Å². The van der Waals surface area contributed by atoms with E-state index in [2.05, 4.69) is 11.5 Å². The van der Waals surface area contributed by atoms with E-state index in [1.165, 1.54) is 25.7 Å². The molecule has 0 bridgehead atoms. The minimum absolute atomic E-state index is 0.513. The van der Waals surface area contributed by atoms with Crippen LogP contribution in [0.3, 0.4) is 0 Å². The van der Waals surface area contributed by atoms with E-state index in [0.717, 1.165) is 23.6 Å². The fraction of sp³-hybridized carbons (Fsp3) is 0.438. The van der Waals surface area contributed by atoms with Crippen LogP contribution in [0, 0.1) is 0 Å². The largest absolute Gasteiger partial charge is 0.383 e. The molecule has 0 saturated heterocycles. The van der Waals surface area contributed by atoms with E-state index < -0.39 is 0 Å². The maximum absolute atomic E-state index is 6.33. The van der Waals surface area contributed by atoms with Gasteiger partial charge in [-0.25, -0.2) is 4.98 Å². The van der Waals surface area contributed by atoms with Crippen molar-refractivity contribution in [3.8, 4) is 11.3 Å². The lowest BCUT2D eigenvalue weighted by Crippen LogP contribution is -2.08. The number of anilines is 1. The molecule has 2 N–H and O–H groups in total. The molecule has 1 aliphatic rings. The maximum Gasteiger partial charge on any atom is 0.131 e. The summed E-state index contributed by atoms with van der Waals surface area (Å²) >= 11 is 12.4. The van der Waals surface area contributed by atoms with E-state index in [0.29, 0.717) is 21.8 Å². The van der Waals surface area contributed by atoms with E-state index in [-0.39, 0.29) is 0 Å². The smallest absolute Gasteiger partial charge is 0.131 e. The second kappa shape index (κ2) is 5.90.